The van der Waals surface area contributed by atoms with Crippen LogP contribution in [0.2, 0.25) is 0 Å². The first-order chi connectivity index (χ1) is 14.6. The topological polar surface area (TPSA) is 93.5 Å². The van der Waals surface area contributed by atoms with Gasteiger partial charge in [0, 0.05) is 20.3 Å². The molecule has 8 nitrogen and oxygen atoms in total. The standard InChI is InChI=1S/C22H26N4O4S/c1-15-6-11-21(30-5)20(14-15)26-13-12-19(24-26)22(27)23-16(2)17-7-9-18(10-8-17)31(28,29)25(3)4/h6-14,16H,1-5H3,(H,23,27). The summed E-state index contributed by atoms with van der Waals surface area (Å²) in [5.74, 6) is 0.324. The summed E-state index contributed by atoms with van der Waals surface area (Å²) in [6, 6.07) is 13.5. The summed E-state index contributed by atoms with van der Waals surface area (Å²) in [5.41, 5.74) is 2.84. The molecule has 1 amide bonds. The minimum absolute atomic E-state index is 0.200. The fourth-order valence-corrected chi connectivity index (χ4v) is 3.95. The van der Waals surface area contributed by atoms with E-state index in [0.29, 0.717) is 5.75 Å². The third-order valence-corrected chi connectivity index (χ3v) is 6.74. The van der Waals surface area contributed by atoms with Gasteiger partial charge < -0.3 is 10.1 Å². The smallest absolute Gasteiger partial charge is 0.272 e. The van der Waals surface area contributed by atoms with Gasteiger partial charge in [-0.1, -0.05) is 18.2 Å². The van der Waals surface area contributed by atoms with Crippen LogP contribution in [0, 0.1) is 6.92 Å². The van der Waals surface area contributed by atoms with E-state index >= 15 is 0 Å². The lowest BCUT2D eigenvalue weighted by Gasteiger charge is -2.15. The zero-order valence-electron chi connectivity index (χ0n) is 18.2. The van der Waals surface area contributed by atoms with E-state index in [1.807, 2.05) is 32.0 Å². The minimum Gasteiger partial charge on any atom is -0.494 e. The van der Waals surface area contributed by atoms with Crippen molar-refractivity contribution in [2.45, 2.75) is 24.8 Å². The van der Waals surface area contributed by atoms with Crippen LogP contribution in [-0.4, -0.2) is 49.6 Å². The summed E-state index contributed by atoms with van der Waals surface area (Å²) < 4.78 is 32.5. The lowest BCUT2D eigenvalue weighted by molar-refractivity contribution is 0.0934. The van der Waals surface area contributed by atoms with Gasteiger partial charge in [0.1, 0.15) is 11.4 Å². The number of methoxy groups -OCH3 is 1. The molecule has 0 saturated heterocycles. The van der Waals surface area contributed by atoms with Crippen LogP contribution < -0.4 is 10.1 Å². The Hall–Kier alpha value is -3.17. The van der Waals surface area contributed by atoms with Crippen LogP contribution in [-0.2, 0) is 10.0 Å². The van der Waals surface area contributed by atoms with Crippen LogP contribution >= 0.6 is 0 Å². The Morgan fingerprint density at radius 2 is 1.81 bits per heavy atom. The van der Waals surface area contributed by atoms with Gasteiger partial charge in [-0.2, -0.15) is 5.10 Å². The van der Waals surface area contributed by atoms with E-state index in [2.05, 4.69) is 10.4 Å². The predicted octanol–water partition coefficient (Wildman–Crippen LogP) is 2.93. The van der Waals surface area contributed by atoms with Gasteiger partial charge in [-0.15, -0.1) is 0 Å². The van der Waals surface area contributed by atoms with E-state index in [4.69, 9.17) is 4.74 Å². The Bertz CT molecular complexity index is 1180. The molecule has 0 aliphatic heterocycles. The molecule has 3 rings (SSSR count). The predicted molar refractivity (Wildman–Crippen MR) is 118 cm³/mol. The molecule has 0 saturated carbocycles. The van der Waals surface area contributed by atoms with Crippen molar-refractivity contribution in [3.05, 3.63) is 71.5 Å². The first-order valence-corrected chi connectivity index (χ1v) is 11.1. The highest BCUT2D eigenvalue weighted by Crippen LogP contribution is 2.24. The average Bonchev–Trinajstić information content (AvgIpc) is 3.24. The zero-order valence-corrected chi connectivity index (χ0v) is 19.0. The van der Waals surface area contributed by atoms with E-state index in [1.54, 1.807) is 36.2 Å². The molecule has 0 aliphatic carbocycles. The fourth-order valence-electron chi connectivity index (χ4n) is 3.05. The zero-order chi connectivity index (χ0) is 22.8. The molecule has 1 aromatic heterocycles. The monoisotopic (exact) mass is 442 g/mol. The van der Waals surface area contributed by atoms with Crippen LogP contribution in [0.1, 0.15) is 34.6 Å². The van der Waals surface area contributed by atoms with Gasteiger partial charge in [-0.3, -0.25) is 4.79 Å². The summed E-state index contributed by atoms with van der Waals surface area (Å²) in [7, 11) is 1.06. The quantitative estimate of drug-likeness (QED) is 0.607. The van der Waals surface area contributed by atoms with E-state index in [1.165, 1.54) is 26.2 Å². The highest BCUT2D eigenvalue weighted by molar-refractivity contribution is 7.89. The Labute approximate surface area is 182 Å². The molecule has 2 aromatic carbocycles. The van der Waals surface area contributed by atoms with Crippen molar-refractivity contribution in [1.82, 2.24) is 19.4 Å². The van der Waals surface area contributed by atoms with E-state index < -0.39 is 10.0 Å². The molecule has 164 valence electrons. The maximum absolute atomic E-state index is 12.7. The number of ether oxygens (including phenoxy) is 1. The molecular weight excluding hydrogens is 416 g/mol. The van der Waals surface area contributed by atoms with Crippen LogP contribution in [0.3, 0.4) is 0 Å². The number of benzene rings is 2. The van der Waals surface area contributed by atoms with Gasteiger partial charge >= 0.3 is 0 Å². The molecule has 1 atom stereocenters. The van der Waals surface area contributed by atoms with Crippen LogP contribution in [0.4, 0.5) is 0 Å². The van der Waals surface area contributed by atoms with Gasteiger partial charge in [0.05, 0.1) is 18.0 Å². The first-order valence-electron chi connectivity index (χ1n) is 9.67. The molecule has 0 aliphatic rings. The van der Waals surface area contributed by atoms with Gasteiger partial charge in [-0.25, -0.2) is 17.4 Å². The highest BCUT2D eigenvalue weighted by atomic mass is 32.2. The number of sulfonamides is 1. The lowest BCUT2D eigenvalue weighted by atomic mass is 10.1. The molecule has 0 fully saturated rings. The molecule has 0 radical (unpaired) electrons. The van der Waals surface area contributed by atoms with Gasteiger partial charge in [-0.05, 0) is 55.3 Å². The van der Waals surface area contributed by atoms with Crippen molar-refractivity contribution >= 4 is 15.9 Å². The van der Waals surface area contributed by atoms with Gasteiger partial charge in [0.15, 0.2) is 5.69 Å². The van der Waals surface area contributed by atoms with E-state index in [9.17, 15) is 13.2 Å². The van der Waals surface area contributed by atoms with Crippen LogP contribution in [0.15, 0.2) is 59.6 Å². The number of aromatic nitrogens is 2. The number of carbonyl (C=O) groups is 1. The maximum atomic E-state index is 12.7. The number of hydrogen-bond acceptors (Lipinski definition) is 5. The summed E-state index contributed by atoms with van der Waals surface area (Å²) >= 11 is 0. The molecular formula is C22H26N4O4S. The largest absolute Gasteiger partial charge is 0.494 e. The number of aryl methyl sites for hydroxylation is 1. The van der Waals surface area contributed by atoms with E-state index in [0.717, 1.165) is 21.1 Å². The first kappa shape index (κ1) is 22.5. The van der Waals surface area contributed by atoms with Crippen molar-refractivity contribution in [2.75, 3.05) is 21.2 Å². The highest BCUT2D eigenvalue weighted by Gasteiger charge is 2.19. The van der Waals surface area contributed by atoms with Crippen molar-refractivity contribution in [3.8, 4) is 11.4 Å². The summed E-state index contributed by atoms with van der Waals surface area (Å²) in [6.07, 6.45) is 1.71. The molecule has 3 aromatic rings. The average molecular weight is 443 g/mol. The van der Waals surface area contributed by atoms with Crippen molar-refractivity contribution in [1.29, 1.82) is 0 Å². The summed E-state index contributed by atoms with van der Waals surface area (Å²) in [5, 5.41) is 7.27. The third kappa shape index (κ3) is 4.78. The number of nitrogens with one attached hydrogen (secondary N) is 1. The Morgan fingerprint density at radius 1 is 1.13 bits per heavy atom. The fraction of sp³-hybridized carbons (Fsp3) is 0.273. The molecule has 0 bridgehead atoms. The molecule has 31 heavy (non-hydrogen) atoms. The molecule has 1 heterocycles. The minimum atomic E-state index is -3.49. The second kappa shape index (κ2) is 8.91. The number of carbonyl (C=O) groups excluding carboxylic acids is 1. The molecule has 1 unspecified atom stereocenters. The summed E-state index contributed by atoms with van der Waals surface area (Å²) in [4.78, 5) is 12.9. The Morgan fingerprint density at radius 3 is 2.42 bits per heavy atom. The SMILES string of the molecule is COc1ccc(C)cc1-n1ccc(C(=O)NC(C)c2ccc(S(=O)(=O)N(C)C)cc2)n1. The second-order valence-corrected chi connectivity index (χ2v) is 9.52. The maximum Gasteiger partial charge on any atom is 0.272 e. The van der Waals surface area contributed by atoms with Gasteiger partial charge in [0.25, 0.3) is 5.91 Å². The Kier molecular flexibility index (Phi) is 6.47. The van der Waals surface area contributed by atoms with Crippen molar-refractivity contribution < 1.29 is 17.9 Å². The number of amides is 1. The molecule has 1 N–H and O–H groups in total. The van der Waals surface area contributed by atoms with E-state index in [-0.39, 0.29) is 22.5 Å². The number of hydrogen-bond donors (Lipinski definition) is 1. The van der Waals surface area contributed by atoms with Crippen molar-refractivity contribution in [3.63, 3.8) is 0 Å². The third-order valence-electron chi connectivity index (χ3n) is 4.91. The Balaban J connectivity index is 1.75. The summed E-state index contributed by atoms with van der Waals surface area (Å²) in [6.45, 7) is 3.80. The number of rotatable bonds is 7. The molecule has 0 spiro atoms. The second-order valence-electron chi connectivity index (χ2n) is 7.37. The number of nitrogens with zero attached hydrogens (tertiary/aromatic N) is 3. The molecule has 9 heteroatoms. The van der Waals surface area contributed by atoms with Crippen LogP contribution in [0.25, 0.3) is 5.69 Å². The van der Waals surface area contributed by atoms with Gasteiger partial charge in [0.2, 0.25) is 10.0 Å². The lowest BCUT2D eigenvalue weighted by Crippen LogP contribution is -2.27. The normalized spacial score (nSPS) is 12.6. The van der Waals surface area contributed by atoms with Crippen LogP contribution in [0.5, 0.6) is 5.75 Å². The van der Waals surface area contributed by atoms with Crippen molar-refractivity contribution in [2.24, 2.45) is 0 Å².